The molecule has 2 aromatic heterocycles. The number of allylic oxidation sites excluding steroid dienone is 1. The van der Waals surface area contributed by atoms with E-state index in [1.54, 1.807) is 44.0 Å². The number of aliphatic imine (C=N–C) groups is 1. The predicted octanol–water partition coefficient (Wildman–Crippen LogP) is 4.43. The number of rotatable bonds is 7. The molecular weight excluding hydrogens is 464 g/mol. The van der Waals surface area contributed by atoms with Gasteiger partial charge in [0.25, 0.3) is 5.91 Å². The van der Waals surface area contributed by atoms with E-state index in [1.165, 1.54) is 6.20 Å². The highest BCUT2D eigenvalue weighted by atomic mass is 16.2. The minimum absolute atomic E-state index is 0.0760. The standard InChI is InChI=1S/C29H28N6O2/c1-3-35-17-25(19-7-5-4-6-8-19)27(36)26(18-35)29(37)34-23-11-9-20(10-12-23)24-13-21(16-33-28(24)31)22(14-30)15-32-2/h4-18H,3,30H2,1-2H3,(H2,31,33)(H,34,37). The minimum Gasteiger partial charge on any atom is -0.404 e. The molecule has 0 saturated heterocycles. The Morgan fingerprint density at radius 3 is 2.41 bits per heavy atom. The number of hydrogen-bond acceptors (Lipinski definition) is 6. The summed E-state index contributed by atoms with van der Waals surface area (Å²) in [7, 11) is 1.66. The average molecular weight is 493 g/mol. The Labute approximate surface area is 215 Å². The molecule has 1 amide bonds. The van der Waals surface area contributed by atoms with Gasteiger partial charge in [-0.25, -0.2) is 4.98 Å². The molecule has 2 aromatic carbocycles. The molecule has 0 saturated carbocycles. The van der Waals surface area contributed by atoms with Gasteiger partial charge in [0.05, 0.1) is 0 Å². The number of amides is 1. The second kappa shape index (κ2) is 11.2. The predicted molar refractivity (Wildman–Crippen MR) is 150 cm³/mol. The summed E-state index contributed by atoms with van der Waals surface area (Å²) in [4.78, 5) is 34.6. The molecule has 0 spiro atoms. The number of aryl methyl sites for hydroxylation is 1. The average Bonchev–Trinajstić information content (AvgIpc) is 2.93. The summed E-state index contributed by atoms with van der Waals surface area (Å²) in [5.41, 5.74) is 16.4. The molecule has 0 fully saturated rings. The monoisotopic (exact) mass is 492 g/mol. The number of anilines is 2. The minimum atomic E-state index is -0.475. The van der Waals surface area contributed by atoms with Crippen LogP contribution >= 0.6 is 0 Å². The molecule has 0 aliphatic carbocycles. The van der Waals surface area contributed by atoms with Gasteiger partial charge in [-0.3, -0.25) is 14.6 Å². The lowest BCUT2D eigenvalue weighted by atomic mass is 10.0. The SMILES string of the molecule is CCn1cc(C(=O)Nc2ccc(-c3cc(C(C=NC)=CN)cnc3N)cc2)c(=O)c(-c2ccccc2)c1. The van der Waals surface area contributed by atoms with Gasteiger partial charge >= 0.3 is 0 Å². The van der Waals surface area contributed by atoms with Crippen molar-refractivity contribution >= 4 is 29.2 Å². The number of nitrogens with one attached hydrogen (secondary N) is 1. The van der Waals surface area contributed by atoms with Gasteiger partial charge in [-0.05, 0) is 36.2 Å². The second-order valence-electron chi connectivity index (χ2n) is 8.31. The number of carbonyl (C=O) groups excluding carboxylic acids is 1. The summed E-state index contributed by atoms with van der Waals surface area (Å²) in [5, 5.41) is 2.84. The molecule has 0 radical (unpaired) electrons. The highest BCUT2D eigenvalue weighted by Gasteiger charge is 2.16. The first-order chi connectivity index (χ1) is 17.9. The zero-order chi connectivity index (χ0) is 26.4. The molecule has 0 aliphatic heterocycles. The van der Waals surface area contributed by atoms with E-state index in [0.29, 0.717) is 23.6 Å². The van der Waals surface area contributed by atoms with Gasteiger partial charge in [-0.15, -0.1) is 0 Å². The van der Waals surface area contributed by atoms with Crippen molar-refractivity contribution in [3.05, 3.63) is 107 Å². The lowest BCUT2D eigenvalue weighted by Crippen LogP contribution is -2.24. The molecule has 8 heteroatoms. The van der Waals surface area contributed by atoms with Crippen molar-refractivity contribution in [3.8, 4) is 22.3 Å². The highest BCUT2D eigenvalue weighted by molar-refractivity contribution is 6.10. The summed E-state index contributed by atoms with van der Waals surface area (Å²) in [6, 6.07) is 18.4. The van der Waals surface area contributed by atoms with Crippen molar-refractivity contribution < 1.29 is 4.79 Å². The number of hydrogen-bond donors (Lipinski definition) is 3. The summed E-state index contributed by atoms with van der Waals surface area (Å²) in [6.07, 6.45) is 8.10. The van der Waals surface area contributed by atoms with Gasteiger partial charge in [-0.1, -0.05) is 42.5 Å². The van der Waals surface area contributed by atoms with Crippen molar-refractivity contribution in [2.45, 2.75) is 13.5 Å². The topological polar surface area (TPSA) is 128 Å². The van der Waals surface area contributed by atoms with Crippen molar-refractivity contribution in [1.29, 1.82) is 0 Å². The fraction of sp³-hybridized carbons (Fsp3) is 0.103. The Bertz CT molecular complexity index is 1540. The molecule has 0 atom stereocenters. The number of nitrogen functional groups attached to an aromatic ring is 1. The van der Waals surface area contributed by atoms with Gasteiger partial charge < -0.3 is 21.4 Å². The Morgan fingerprint density at radius 1 is 1.05 bits per heavy atom. The lowest BCUT2D eigenvalue weighted by Gasteiger charge is -2.12. The molecule has 5 N–H and O–H groups in total. The van der Waals surface area contributed by atoms with Crippen LogP contribution in [0.2, 0.25) is 0 Å². The first kappa shape index (κ1) is 25.1. The maximum absolute atomic E-state index is 13.2. The lowest BCUT2D eigenvalue weighted by molar-refractivity contribution is 0.102. The van der Waals surface area contributed by atoms with E-state index in [2.05, 4.69) is 15.3 Å². The largest absolute Gasteiger partial charge is 0.404 e. The van der Waals surface area contributed by atoms with Crippen molar-refractivity contribution in [2.75, 3.05) is 18.1 Å². The summed E-state index contributed by atoms with van der Waals surface area (Å²) >= 11 is 0. The third-order valence-corrected chi connectivity index (χ3v) is 5.93. The first-order valence-corrected chi connectivity index (χ1v) is 11.8. The van der Waals surface area contributed by atoms with E-state index in [0.717, 1.165) is 27.8 Å². The van der Waals surface area contributed by atoms with E-state index in [9.17, 15) is 9.59 Å². The van der Waals surface area contributed by atoms with Crippen LogP contribution in [0.4, 0.5) is 11.5 Å². The van der Waals surface area contributed by atoms with Crippen LogP contribution in [0, 0.1) is 0 Å². The van der Waals surface area contributed by atoms with Crippen LogP contribution in [0.3, 0.4) is 0 Å². The van der Waals surface area contributed by atoms with Crippen LogP contribution in [0.25, 0.3) is 27.8 Å². The highest BCUT2D eigenvalue weighted by Crippen LogP contribution is 2.28. The van der Waals surface area contributed by atoms with Crippen LogP contribution in [-0.4, -0.2) is 28.7 Å². The van der Waals surface area contributed by atoms with Gasteiger partial charge in [0.1, 0.15) is 11.4 Å². The van der Waals surface area contributed by atoms with Crippen molar-refractivity contribution in [2.24, 2.45) is 10.7 Å². The molecule has 4 aromatic rings. The van der Waals surface area contributed by atoms with E-state index in [4.69, 9.17) is 11.5 Å². The first-order valence-electron chi connectivity index (χ1n) is 11.8. The normalized spacial score (nSPS) is 11.6. The third-order valence-electron chi connectivity index (χ3n) is 5.93. The Kier molecular flexibility index (Phi) is 7.59. The van der Waals surface area contributed by atoms with E-state index in [1.807, 2.05) is 60.0 Å². The van der Waals surface area contributed by atoms with Gasteiger partial charge in [0.15, 0.2) is 0 Å². The second-order valence-corrected chi connectivity index (χ2v) is 8.31. The number of aromatic nitrogens is 2. The zero-order valence-electron chi connectivity index (χ0n) is 20.7. The van der Waals surface area contributed by atoms with E-state index >= 15 is 0 Å². The molecule has 37 heavy (non-hydrogen) atoms. The van der Waals surface area contributed by atoms with Gasteiger partial charge in [0.2, 0.25) is 5.43 Å². The van der Waals surface area contributed by atoms with E-state index in [-0.39, 0.29) is 11.0 Å². The molecule has 186 valence electrons. The van der Waals surface area contributed by atoms with Crippen LogP contribution in [0.5, 0.6) is 0 Å². The number of benzene rings is 2. The van der Waals surface area contributed by atoms with Crippen LogP contribution in [-0.2, 0) is 6.54 Å². The quantitative estimate of drug-likeness (QED) is 0.329. The third kappa shape index (κ3) is 5.48. The molecular formula is C29H28N6O2. The summed E-state index contributed by atoms with van der Waals surface area (Å²) in [5.74, 6) is -0.110. The molecule has 8 nitrogen and oxygen atoms in total. The number of carbonyl (C=O) groups is 1. The maximum atomic E-state index is 13.2. The molecule has 0 aliphatic rings. The fourth-order valence-corrected chi connectivity index (χ4v) is 3.95. The fourth-order valence-electron chi connectivity index (χ4n) is 3.95. The number of pyridine rings is 2. The smallest absolute Gasteiger partial charge is 0.261 e. The summed E-state index contributed by atoms with van der Waals surface area (Å²) in [6.45, 7) is 2.57. The van der Waals surface area contributed by atoms with Crippen molar-refractivity contribution in [1.82, 2.24) is 9.55 Å². The van der Waals surface area contributed by atoms with Gasteiger partial charge in [-0.2, -0.15) is 0 Å². The van der Waals surface area contributed by atoms with Crippen LogP contribution in [0.15, 0.2) is 95.2 Å². The Hall–Kier alpha value is -4.98. The van der Waals surface area contributed by atoms with E-state index < -0.39 is 5.91 Å². The van der Waals surface area contributed by atoms with Crippen molar-refractivity contribution in [3.63, 3.8) is 0 Å². The van der Waals surface area contributed by atoms with Crippen LogP contribution in [0.1, 0.15) is 22.8 Å². The molecule has 0 bridgehead atoms. The molecule has 2 heterocycles. The number of nitrogens with two attached hydrogens (primary N) is 2. The van der Waals surface area contributed by atoms with Gasteiger partial charge in [0, 0.05) is 72.5 Å². The number of nitrogens with zero attached hydrogens (tertiary/aromatic N) is 3. The molecule has 4 rings (SSSR count). The Balaban J connectivity index is 1.62. The molecule has 0 unspecified atom stereocenters. The zero-order valence-corrected chi connectivity index (χ0v) is 20.7. The Morgan fingerprint density at radius 2 is 1.76 bits per heavy atom. The maximum Gasteiger partial charge on any atom is 0.261 e. The van der Waals surface area contributed by atoms with Crippen LogP contribution < -0.4 is 22.2 Å². The summed E-state index contributed by atoms with van der Waals surface area (Å²) < 4.78 is 1.83.